The lowest BCUT2D eigenvalue weighted by molar-refractivity contribution is -0.124. The summed E-state index contributed by atoms with van der Waals surface area (Å²) in [5.41, 5.74) is 2.55. The van der Waals surface area contributed by atoms with Crippen molar-refractivity contribution in [2.45, 2.75) is 122 Å². The first-order valence-electron chi connectivity index (χ1n) is 27.8. The molecule has 0 bridgehead atoms. The predicted molar refractivity (Wildman–Crippen MR) is 310 cm³/mol. The lowest BCUT2D eigenvalue weighted by Crippen LogP contribution is -2.69. The molecule has 1 aliphatic rings. The quantitative estimate of drug-likeness (QED) is 0.0366. The maximum absolute atomic E-state index is 14.9. The molecule has 0 aliphatic carbocycles. The highest BCUT2D eigenvalue weighted by molar-refractivity contribution is 6.75. The van der Waals surface area contributed by atoms with Crippen molar-refractivity contribution in [3.8, 4) is 0 Å². The Morgan fingerprint density at radius 1 is 0.402 bits per heavy atom. The standard InChI is InChI=1S/C58H71B3N12O9/c1-38(2)30-50(71-53(74)44(23-22-41-16-10-7-11-17-41)68-56(77)47-35-62-24-27-65-47)59-80-60(51(31-39(3)4)72-54(75)45(33-42-18-12-8-13-19-42)69-57(78)48-36-63-25-28-66-48)82-61(81-59)52(32-40(5)6)73-55(76)46(34-43-20-14-9-15-21-43)70-58(79)49-37-64-26-29-67-49/h7-21,24-29,35-40,44-46,50-52H,22-23,30-34H2,1-6H3,(H,68,77)(H,69,78)(H,70,79)(H,71,74)(H,72,75)(H,73,76)/t44-,45-,46-,50-,51-,52-/m0/s1. The Kier molecular flexibility index (Phi) is 23.3. The topological polar surface area (TPSA) is 280 Å². The summed E-state index contributed by atoms with van der Waals surface area (Å²) in [6, 6.07) is 24.7. The second-order valence-corrected chi connectivity index (χ2v) is 21.5. The molecule has 1 fully saturated rings. The molecule has 6 atom stereocenters. The molecule has 4 heterocycles. The zero-order chi connectivity index (χ0) is 58.4. The number of amides is 6. The van der Waals surface area contributed by atoms with Crippen LogP contribution in [-0.4, -0.2) is 123 Å². The van der Waals surface area contributed by atoms with Gasteiger partial charge in [0.05, 0.1) is 36.4 Å². The van der Waals surface area contributed by atoms with E-state index in [-0.39, 0.29) is 66.9 Å². The van der Waals surface area contributed by atoms with Crippen LogP contribution in [0.5, 0.6) is 0 Å². The summed E-state index contributed by atoms with van der Waals surface area (Å²) >= 11 is 0. The van der Waals surface area contributed by atoms with Crippen LogP contribution in [0, 0.1) is 17.8 Å². The van der Waals surface area contributed by atoms with Crippen molar-refractivity contribution in [1.82, 2.24) is 61.8 Å². The molecular weight excluding hydrogens is 1040 g/mol. The summed E-state index contributed by atoms with van der Waals surface area (Å²) in [5.74, 6) is -6.47. The van der Waals surface area contributed by atoms with Crippen LogP contribution in [0.2, 0.25) is 0 Å². The van der Waals surface area contributed by atoms with E-state index in [4.69, 9.17) is 13.7 Å². The molecule has 0 spiro atoms. The average molecular weight is 1110 g/mol. The van der Waals surface area contributed by atoms with Gasteiger partial charge in [-0.2, -0.15) is 0 Å². The minimum atomic E-state index is -1.30. The Balaban J connectivity index is 1.25. The summed E-state index contributed by atoms with van der Waals surface area (Å²) in [5, 5.41) is 18.1. The molecule has 6 amide bonds. The zero-order valence-electron chi connectivity index (χ0n) is 47.1. The second kappa shape index (κ2) is 31.1. The summed E-state index contributed by atoms with van der Waals surface area (Å²) in [6.45, 7) is 11.8. The molecule has 1 saturated heterocycles. The monoisotopic (exact) mass is 1110 g/mol. The van der Waals surface area contributed by atoms with E-state index in [1.54, 1.807) is 0 Å². The van der Waals surface area contributed by atoms with Crippen LogP contribution in [0.3, 0.4) is 0 Å². The first kappa shape index (κ1) is 61.4. The molecule has 7 rings (SSSR count). The van der Waals surface area contributed by atoms with Gasteiger partial charge in [-0.25, -0.2) is 15.0 Å². The van der Waals surface area contributed by atoms with E-state index in [9.17, 15) is 28.8 Å². The number of aryl methyl sites for hydroxylation is 1. The van der Waals surface area contributed by atoms with Crippen LogP contribution in [0.25, 0.3) is 0 Å². The van der Waals surface area contributed by atoms with Crippen molar-refractivity contribution in [2.75, 3.05) is 0 Å². The van der Waals surface area contributed by atoms with Crippen molar-refractivity contribution in [2.24, 2.45) is 17.8 Å². The van der Waals surface area contributed by atoms with Gasteiger partial charge in [0.25, 0.3) is 17.7 Å². The lowest BCUT2D eigenvalue weighted by atomic mass is 9.58. The number of nitrogens with one attached hydrogen (secondary N) is 6. The van der Waals surface area contributed by atoms with Gasteiger partial charge >= 0.3 is 21.4 Å². The third-order valence-corrected chi connectivity index (χ3v) is 13.3. The van der Waals surface area contributed by atoms with E-state index in [1.165, 1.54) is 55.8 Å². The van der Waals surface area contributed by atoms with Crippen molar-refractivity contribution < 1.29 is 42.5 Å². The van der Waals surface area contributed by atoms with Crippen LogP contribution < -0.4 is 31.9 Å². The van der Waals surface area contributed by atoms with Gasteiger partial charge in [-0.1, -0.05) is 133 Å². The number of hydrogen-bond donors (Lipinski definition) is 6. The van der Waals surface area contributed by atoms with Crippen molar-refractivity contribution in [3.63, 3.8) is 0 Å². The Hall–Kier alpha value is -8.21. The van der Waals surface area contributed by atoms with E-state index in [0.29, 0.717) is 12.8 Å². The van der Waals surface area contributed by atoms with E-state index in [0.717, 1.165) is 16.7 Å². The zero-order valence-corrected chi connectivity index (χ0v) is 47.1. The van der Waals surface area contributed by atoms with E-state index in [1.807, 2.05) is 133 Å². The van der Waals surface area contributed by atoms with Gasteiger partial charge in [0, 0.05) is 50.0 Å². The number of carbonyl (C=O) groups excluding carboxylic acids is 6. The minimum absolute atomic E-state index is 0.0141. The number of rotatable bonds is 28. The SMILES string of the molecule is CC(C)C[C@H](NC(=O)[C@H](CCc1ccccc1)NC(=O)c1cnccn1)B1OB([C@H](CC(C)C)NC(=O)[C@H](Cc2ccccc2)NC(=O)c2cnccn2)OB([C@H](CC(C)C)NC(=O)[C@H](Cc2ccccc2)NC(=O)c2cnccn2)O1. The van der Waals surface area contributed by atoms with Crippen LogP contribution in [-0.2, 0) is 47.4 Å². The smallest absolute Gasteiger partial charge is 0.450 e. The second-order valence-electron chi connectivity index (χ2n) is 21.5. The van der Waals surface area contributed by atoms with Gasteiger partial charge in [0.1, 0.15) is 35.2 Å². The van der Waals surface area contributed by atoms with Gasteiger partial charge < -0.3 is 45.6 Å². The fraction of sp³-hybridized carbons (Fsp3) is 0.379. The number of aromatic nitrogens is 6. The van der Waals surface area contributed by atoms with Gasteiger partial charge in [0.15, 0.2) is 0 Å². The third-order valence-electron chi connectivity index (χ3n) is 13.3. The van der Waals surface area contributed by atoms with Crippen LogP contribution in [0.4, 0.5) is 0 Å². The molecule has 426 valence electrons. The normalized spacial score (nSPS) is 14.7. The molecule has 82 heavy (non-hydrogen) atoms. The average Bonchev–Trinajstić information content (AvgIpc) is 3.49. The van der Waals surface area contributed by atoms with Gasteiger partial charge in [-0.3, -0.25) is 43.7 Å². The fourth-order valence-electron chi connectivity index (χ4n) is 9.44. The van der Waals surface area contributed by atoms with Gasteiger partial charge in [-0.05, 0) is 66.5 Å². The summed E-state index contributed by atoms with van der Waals surface area (Å²) in [4.78, 5) is 110. The lowest BCUT2D eigenvalue weighted by Gasteiger charge is -2.41. The first-order chi connectivity index (χ1) is 39.6. The number of benzene rings is 3. The molecule has 0 radical (unpaired) electrons. The molecule has 3 aromatic heterocycles. The molecule has 0 saturated carbocycles. The molecule has 0 unspecified atom stereocenters. The molecule has 24 heteroatoms. The molecule has 1 aliphatic heterocycles. The Morgan fingerprint density at radius 3 is 1.01 bits per heavy atom. The first-order valence-corrected chi connectivity index (χ1v) is 27.8. The summed E-state index contributed by atoms with van der Waals surface area (Å²) in [7, 11) is -3.90. The number of hydrogen-bond acceptors (Lipinski definition) is 15. The van der Waals surface area contributed by atoms with Gasteiger partial charge in [0.2, 0.25) is 17.7 Å². The van der Waals surface area contributed by atoms with E-state index >= 15 is 0 Å². The molecular formula is C58H71B3N12O9. The van der Waals surface area contributed by atoms with Crippen LogP contribution in [0.1, 0.15) is 115 Å². The Morgan fingerprint density at radius 2 is 0.707 bits per heavy atom. The largest absolute Gasteiger partial charge is 0.453 e. The van der Waals surface area contributed by atoms with Crippen molar-refractivity contribution in [1.29, 1.82) is 0 Å². The van der Waals surface area contributed by atoms with Gasteiger partial charge in [-0.15, -0.1) is 0 Å². The van der Waals surface area contributed by atoms with Crippen LogP contribution >= 0.6 is 0 Å². The Bertz CT molecular complexity index is 2840. The van der Waals surface area contributed by atoms with Crippen LogP contribution in [0.15, 0.2) is 147 Å². The molecule has 6 N–H and O–H groups in total. The maximum Gasteiger partial charge on any atom is 0.453 e. The highest BCUT2D eigenvalue weighted by Gasteiger charge is 2.52. The minimum Gasteiger partial charge on any atom is -0.450 e. The Labute approximate surface area is 480 Å². The molecule has 6 aromatic rings. The van der Waals surface area contributed by atoms with Crippen molar-refractivity contribution in [3.05, 3.63) is 181 Å². The summed E-state index contributed by atoms with van der Waals surface area (Å²) < 4.78 is 20.6. The summed E-state index contributed by atoms with van der Waals surface area (Å²) in [6.07, 6.45) is 14.2. The molecule has 3 aromatic carbocycles. The van der Waals surface area contributed by atoms with E-state index < -0.39 is 92.7 Å². The molecule has 21 nitrogen and oxygen atoms in total. The third kappa shape index (κ3) is 19.2. The fourth-order valence-corrected chi connectivity index (χ4v) is 9.44. The maximum atomic E-state index is 14.9. The highest BCUT2D eigenvalue weighted by Crippen LogP contribution is 2.25. The predicted octanol–water partition coefficient (Wildman–Crippen LogP) is 4.61. The highest BCUT2D eigenvalue weighted by atomic mass is 16.7. The van der Waals surface area contributed by atoms with Crippen molar-refractivity contribution >= 4 is 56.8 Å². The number of nitrogens with zero attached hydrogens (tertiary/aromatic N) is 6. The van der Waals surface area contributed by atoms with E-state index in [2.05, 4.69) is 61.8 Å². The number of carbonyl (C=O) groups is 6.